The second kappa shape index (κ2) is 10.9. The van der Waals surface area contributed by atoms with Crippen LogP contribution in [-0.2, 0) is 38.1 Å². The van der Waals surface area contributed by atoms with Crippen molar-refractivity contribution in [2.75, 3.05) is 6.61 Å². The van der Waals surface area contributed by atoms with E-state index in [9.17, 15) is 19.2 Å². The molecule has 1 aliphatic heterocycles. The third kappa shape index (κ3) is 6.94. The first-order valence-corrected chi connectivity index (χ1v) is 10.1. The highest BCUT2D eigenvalue weighted by Crippen LogP contribution is 2.30. The Balaban J connectivity index is 2.49. The number of esters is 3. The fraction of sp³-hybridized carbons (Fsp3) is 0.545. The second-order valence-corrected chi connectivity index (χ2v) is 7.61. The maximum Gasteiger partial charge on any atom is 0.303 e. The Morgan fingerprint density at radius 1 is 0.938 bits per heavy atom. The number of ether oxygens (including phenoxy) is 5. The number of amides is 1. The molecule has 0 unspecified atom stereocenters. The molecule has 1 N–H and O–H groups in total. The van der Waals surface area contributed by atoms with Gasteiger partial charge in [0.15, 0.2) is 12.2 Å². The van der Waals surface area contributed by atoms with Crippen molar-refractivity contribution < 1.29 is 42.9 Å². The van der Waals surface area contributed by atoms with Crippen molar-refractivity contribution in [2.24, 2.45) is 0 Å². The van der Waals surface area contributed by atoms with Gasteiger partial charge in [0.2, 0.25) is 12.2 Å². The Bertz CT molecular complexity index is 869. The highest BCUT2D eigenvalue weighted by atomic mass is 16.7. The van der Waals surface area contributed by atoms with Crippen molar-refractivity contribution >= 4 is 23.8 Å². The van der Waals surface area contributed by atoms with Crippen LogP contribution in [0.4, 0.5) is 0 Å². The lowest BCUT2D eigenvalue weighted by molar-refractivity contribution is -0.257. The second-order valence-electron chi connectivity index (χ2n) is 7.61. The first kappa shape index (κ1) is 25.1. The van der Waals surface area contributed by atoms with Gasteiger partial charge in [-0.05, 0) is 31.0 Å². The predicted molar refractivity (Wildman–Crippen MR) is 111 cm³/mol. The van der Waals surface area contributed by atoms with Gasteiger partial charge in [-0.25, -0.2) is 0 Å². The molecule has 0 aromatic heterocycles. The molecule has 1 aliphatic rings. The van der Waals surface area contributed by atoms with Crippen molar-refractivity contribution in [3.05, 3.63) is 29.3 Å². The van der Waals surface area contributed by atoms with E-state index in [4.69, 9.17) is 23.7 Å². The van der Waals surface area contributed by atoms with Gasteiger partial charge in [-0.3, -0.25) is 19.2 Å². The number of nitrogens with one attached hydrogen (secondary N) is 1. The largest absolute Gasteiger partial charge is 0.463 e. The summed E-state index contributed by atoms with van der Waals surface area (Å²) in [6, 6.07) is 4.55. The zero-order valence-electron chi connectivity index (χ0n) is 19.0. The molecule has 2 rings (SSSR count). The van der Waals surface area contributed by atoms with Crippen molar-refractivity contribution in [3.63, 3.8) is 0 Å². The number of benzene rings is 1. The van der Waals surface area contributed by atoms with Gasteiger partial charge >= 0.3 is 17.9 Å². The summed E-state index contributed by atoms with van der Waals surface area (Å²) in [5.74, 6) is -1.86. The molecule has 1 fully saturated rings. The van der Waals surface area contributed by atoms with E-state index in [1.54, 1.807) is 6.07 Å². The average molecular weight is 451 g/mol. The van der Waals surface area contributed by atoms with Crippen molar-refractivity contribution in [2.45, 2.75) is 72.2 Å². The van der Waals surface area contributed by atoms with E-state index >= 15 is 0 Å². The van der Waals surface area contributed by atoms with Crippen LogP contribution in [0.3, 0.4) is 0 Å². The molecule has 5 atom stereocenters. The quantitative estimate of drug-likeness (QED) is 0.483. The minimum absolute atomic E-state index is 0.287. The molecule has 0 radical (unpaired) electrons. The van der Waals surface area contributed by atoms with E-state index in [0.717, 1.165) is 11.1 Å². The number of hydrogen-bond acceptors (Lipinski definition) is 9. The normalized spacial score (nSPS) is 24.8. The van der Waals surface area contributed by atoms with Crippen LogP contribution in [0.15, 0.2) is 18.2 Å². The number of rotatable bonds is 7. The molecule has 10 nitrogen and oxygen atoms in total. The van der Waals surface area contributed by atoms with Crippen LogP contribution in [0.1, 0.15) is 38.8 Å². The Morgan fingerprint density at radius 2 is 1.56 bits per heavy atom. The lowest BCUT2D eigenvalue weighted by Gasteiger charge is -2.44. The topological polar surface area (TPSA) is 126 Å². The van der Waals surface area contributed by atoms with Crippen molar-refractivity contribution in [1.82, 2.24) is 5.32 Å². The van der Waals surface area contributed by atoms with Crippen LogP contribution >= 0.6 is 0 Å². The van der Waals surface area contributed by atoms with Gasteiger partial charge in [0, 0.05) is 27.7 Å². The SMILES string of the molecule is CC(=O)N[C@H]1[C@@H](Oc2cc(C)ccc2C)O[C@H](COC(C)=O)[C@@H](OC(C)=O)[C@@H]1OC(C)=O. The first-order valence-electron chi connectivity index (χ1n) is 10.1. The lowest BCUT2D eigenvalue weighted by atomic mass is 9.96. The van der Waals surface area contributed by atoms with Crippen LogP contribution in [-0.4, -0.2) is 61.1 Å². The predicted octanol–water partition coefficient (Wildman–Crippen LogP) is 1.34. The smallest absolute Gasteiger partial charge is 0.303 e. The molecular formula is C22H29NO9. The van der Waals surface area contributed by atoms with Crippen LogP contribution in [0.2, 0.25) is 0 Å². The Labute approximate surface area is 186 Å². The van der Waals surface area contributed by atoms with Gasteiger partial charge in [-0.15, -0.1) is 0 Å². The van der Waals surface area contributed by atoms with Gasteiger partial charge in [0.25, 0.3) is 0 Å². The van der Waals surface area contributed by atoms with Gasteiger partial charge in [0.1, 0.15) is 24.5 Å². The van der Waals surface area contributed by atoms with Crippen molar-refractivity contribution in [1.29, 1.82) is 0 Å². The van der Waals surface area contributed by atoms with Crippen LogP contribution in [0, 0.1) is 13.8 Å². The summed E-state index contributed by atoms with van der Waals surface area (Å²) in [5.41, 5.74) is 1.74. The van der Waals surface area contributed by atoms with Gasteiger partial charge in [-0.2, -0.15) is 0 Å². The van der Waals surface area contributed by atoms with Crippen LogP contribution in [0.5, 0.6) is 5.75 Å². The highest BCUT2D eigenvalue weighted by molar-refractivity contribution is 5.73. The number of hydrogen-bond donors (Lipinski definition) is 1. The Hall–Kier alpha value is -3.14. The minimum Gasteiger partial charge on any atom is -0.463 e. The molecule has 0 spiro atoms. The van der Waals surface area contributed by atoms with E-state index < -0.39 is 54.5 Å². The van der Waals surface area contributed by atoms with E-state index in [0.29, 0.717) is 5.75 Å². The maximum absolute atomic E-state index is 11.9. The number of carbonyl (C=O) groups excluding carboxylic acids is 4. The molecule has 10 heteroatoms. The van der Waals surface area contributed by atoms with E-state index in [2.05, 4.69) is 5.32 Å². The van der Waals surface area contributed by atoms with Crippen LogP contribution in [0.25, 0.3) is 0 Å². The van der Waals surface area contributed by atoms with E-state index in [1.807, 2.05) is 26.0 Å². The Kier molecular flexibility index (Phi) is 8.59. The molecular weight excluding hydrogens is 422 g/mol. The molecule has 0 saturated carbocycles. The van der Waals surface area contributed by atoms with Gasteiger partial charge < -0.3 is 29.0 Å². The summed E-state index contributed by atoms with van der Waals surface area (Å²) >= 11 is 0. The minimum atomic E-state index is -1.16. The summed E-state index contributed by atoms with van der Waals surface area (Å²) in [5, 5.41) is 2.67. The third-order valence-electron chi connectivity index (χ3n) is 4.66. The molecule has 32 heavy (non-hydrogen) atoms. The molecule has 0 bridgehead atoms. The van der Waals surface area contributed by atoms with Crippen LogP contribution < -0.4 is 10.1 Å². The average Bonchev–Trinajstić information content (AvgIpc) is 2.66. The summed E-state index contributed by atoms with van der Waals surface area (Å²) in [6.45, 7) is 8.31. The fourth-order valence-electron chi connectivity index (χ4n) is 3.35. The summed E-state index contributed by atoms with van der Waals surface area (Å²) in [6.07, 6.45) is -4.49. The maximum atomic E-state index is 11.9. The van der Waals surface area contributed by atoms with E-state index in [-0.39, 0.29) is 6.61 Å². The highest BCUT2D eigenvalue weighted by Gasteiger charge is 2.52. The molecule has 176 valence electrons. The zero-order chi connectivity index (χ0) is 24.0. The summed E-state index contributed by atoms with van der Waals surface area (Å²) in [7, 11) is 0. The summed E-state index contributed by atoms with van der Waals surface area (Å²) in [4.78, 5) is 47.0. The number of aryl methyl sites for hydroxylation is 2. The first-order chi connectivity index (χ1) is 15.0. The third-order valence-corrected chi connectivity index (χ3v) is 4.66. The number of carbonyl (C=O) groups is 4. The molecule has 1 heterocycles. The molecule has 0 aliphatic carbocycles. The van der Waals surface area contributed by atoms with E-state index in [1.165, 1.54) is 27.7 Å². The van der Waals surface area contributed by atoms with Gasteiger partial charge in [-0.1, -0.05) is 12.1 Å². The standard InChI is InChI=1S/C22H29NO9/c1-11-7-8-12(2)17(9-11)31-22-19(23-13(3)24)21(30-16(6)27)20(29-15(5)26)18(32-22)10-28-14(4)25/h7-9,18-22H,10H2,1-6H3,(H,23,24)/t18-,19-,20-,21-,22+/m1/s1. The molecule has 1 aromatic rings. The molecule has 1 aromatic carbocycles. The zero-order valence-corrected chi connectivity index (χ0v) is 19.0. The van der Waals surface area contributed by atoms with Crippen molar-refractivity contribution in [3.8, 4) is 5.75 Å². The fourth-order valence-corrected chi connectivity index (χ4v) is 3.35. The Morgan fingerprint density at radius 3 is 2.12 bits per heavy atom. The molecule has 1 saturated heterocycles. The molecule has 1 amide bonds. The van der Waals surface area contributed by atoms with Gasteiger partial charge in [0.05, 0.1) is 0 Å². The lowest BCUT2D eigenvalue weighted by Crippen LogP contribution is -2.67. The summed E-state index contributed by atoms with van der Waals surface area (Å²) < 4.78 is 27.9. The monoisotopic (exact) mass is 451 g/mol.